The first-order chi connectivity index (χ1) is 12.6. The molecule has 0 bridgehead atoms. The molecule has 0 aromatic carbocycles. The van der Waals surface area contributed by atoms with Gasteiger partial charge < -0.3 is 20.2 Å². The summed E-state index contributed by atoms with van der Waals surface area (Å²) in [7, 11) is 0. The number of carbonyl (C=O) groups is 1. The number of nitrogens with one attached hydrogen (secondary N) is 3. The maximum Gasteiger partial charge on any atom is 0.389 e. The number of allylic oxidation sites excluding steroid dienone is 1. The lowest BCUT2D eigenvalue weighted by atomic mass is 9.85. The molecule has 7 nitrogen and oxygen atoms in total. The molecule has 1 aromatic rings. The van der Waals surface area contributed by atoms with Crippen molar-refractivity contribution in [3.05, 3.63) is 29.8 Å². The van der Waals surface area contributed by atoms with Gasteiger partial charge >= 0.3 is 6.18 Å². The monoisotopic (exact) mass is 404 g/mol. The Kier molecular flexibility index (Phi) is 7.41. The lowest BCUT2D eigenvalue weighted by Gasteiger charge is -2.25. The number of aromatic nitrogens is 1. The molecule has 10 heteroatoms. The number of alkyl halides is 3. The van der Waals surface area contributed by atoms with E-state index in [0.29, 0.717) is 11.7 Å². The normalized spacial score (nSPS) is 13.5. The second-order valence-electron chi connectivity index (χ2n) is 7.54. The first-order valence-electron chi connectivity index (χ1n) is 8.71. The minimum atomic E-state index is -4.25. The third-order valence-corrected chi connectivity index (χ3v) is 4.20. The number of oxazole rings is 1. The van der Waals surface area contributed by atoms with Crippen LogP contribution in [0.5, 0.6) is 0 Å². The van der Waals surface area contributed by atoms with Gasteiger partial charge in [-0.15, -0.1) is 0 Å². The van der Waals surface area contributed by atoms with Crippen LogP contribution in [0.3, 0.4) is 0 Å². The van der Waals surface area contributed by atoms with E-state index in [2.05, 4.69) is 15.6 Å². The SMILES string of the molecule is Cc1ncc(C(C)(C)C(=N)/C=C(\O)NC(=O)C(C)(C)NCCCC(F)(F)F)o1. The van der Waals surface area contributed by atoms with Gasteiger partial charge in [-0.2, -0.15) is 13.2 Å². The van der Waals surface area contributed by atoms with E-state index < -0.39 is 35.3 Å². The molecule has 0 radical (unpaired) electrons. The Morgan fingerprint density at radius 1 is 1.32 bits per heavy atom. The number of aryl methyl sites for hydroxylation is 1. The number of aliphatic hydroxyl groups excluding tert-OH is 1. The molecule has 0 fully saturated rings. The minimum absolute atomic E-state index is 0.0158. The lowest BCUT2D eigenvalue weighted by Crippen LogP contribution is -2.52. The van der Waals surface area contributed by atoms with Gasteiger partial charge in [-0.3, -0.25) is 10.1 Å². The Morgan fingerprint density at radius 2 is 1.93 bits per heavy atom. The van der Waals surface area contributed by atoms with Gasteiger partial charge in [0.1, 0.15) is 5.76 Å². The molecule has 0 spiro atoms. The van der Waals surface area contributed by atoms with Crippen LogP contribution in [0, 0.1) is 12.3 Å². The molecule has 0 unspecified atom stereocenters. The molecule has 1 aromatic heterocycles. The molecule has 4 N–H and O–H groups in total. The molecule has 28 heavy (non-hydrogen) atoms. The number of nitrogens with zero attached hydrogens (tertiary/aromatic N) is 1. The van der Waals surface area contributed by atoms with Crippen molar-refractivity contribution in [3.8, 4) is 0 Å². The molecular formula is C18H27F3N4O3. The van der Waals surface area contributed by atoms with E-state index in [4.69, 9.17) is 9.83 Å². The number of carbonyl (C=O) groups excluding carboxylic acids is 1. The largest absolute Gasteiger partial charge is 0.494 e. The summed E-state index contributed by atoms with van der Waals surface area (Å²) >= 11 is 0. The van der Waals surface area contributed by atoms with E-state index in [1.54, 1.807) is 20.8 Å². The first kappa shape index (κ1) is 23.7. The van der Waals surface area contributed by atoms with Crippen LogP contribution in [-0.4, -0.2) is 40.0 Å². The Labute approximate surface area is 161 Å². The maximum absolute atomic E-state index is 12.3. The topological polar surface area (TPSA) is 111 Å². The van der Waals surface area contributed by atoms with Crippen LogP contribution >= 0.6 is 0 Å². The van der Waals surface area contributed by atoms with Crippen molar-refractivity contribution in [3.63, 3.8) is 0 Å². The summed E-state index contributed by atoms with van der Waals surface area (Å²) in [6.07, 6.45) is -2.80. The van der Waals surface area contributed by atoms with E-state index in [9.17, 15) is 23.1 Å². The third-order valence-electron chi connectivity index (χ3n) is 4.20. The van der Waals surface area contributed by atoms with Crippen LogP contribution < -0.4 is 10.6 Å². The zero-order valence-electron chi connectivity index (χ0n) is 16.6. The van der Waals surface area contributed by atoms with Crippen LogP contribution in [0.1, 0.15) is 52.2 Å². The van der Waals surface area contributed by atoms with Crippen molar-refractivity contribution in [2.75, 3.05) is 6.54 Å². The Bertz CT molecular complexity index is 737. The molecule has 1 rings (SSSR count). The molecule has 0 saturated heterocycles. The number of rotatable bonds is 9. The zero-order valence-corrected chi connectivity index (χ0v) is 16.6. The number of halogens is 3. The highest BCUT2D eigenvalue weighted by molar-refractivity contribution is 6.01. The summed E-state index contributed by atoms with van der Waals surface area (Å²) in [5.74, 6) is -0.327. The highest BCUT2D eigenvalue weighted by Crippen LogP contribution is 2.26. The molecular weight excluding hydrogens is 377 g/mol. The van der Waals surface area contributed by atoms with Crippen LogP contribution in [-0.2, 0) is 10.2 Å². The predicted molar refractivity (Wildman–Crippen MR) is 98.2 cm³/mol. The van der Waals surface area contributed by atoms with E-state index >= 15 is 0 Å². The van der Waals surface area contributed by atoms with Crippen molar-refractivity contribution in [1.29, 1.82) is 5.41 Å². The van der Waals surface area contributed by atoms with Crippen LogP contribution in [0.4, 0.5) is 13.2 Å². The highest BCUT2D eigenvalue weighted by Gasteiger charge is 2.32. The highest BCUT2D eigenvalue weighted by atomic mass is 19.4. The van der Waals surface area contributed by atoms with Crippen LogP contribution in [0.15, 0.2) is 22.6 Å². The fourth-order valence-electron chi connectivity index (χ4n) is 2.18. The van der Waals surface area contributed by atoms with Gasteiger partial charge in [-0.05, 0) is 40.7 Å². The van der Waals surface area contributed by atoms with Gasteiger partial charge in [0.05, 0.1) is 17.2 Å². The number of hydrogen-bond donors (Lipinski definition) is 4. The minimum Gasteiger partial charge on any atom is -0.494 e. The summed E-state index contributed by atoms with van der Waals surface area (Å²) in [5.41, 5.74) is -2.14. The standard InChI is InChI=1S/C18H27F3N4O3/c1-11-23-10-13(28-11)16(2,3)12(22)9-14(26)25-15(27)17(4,5)24-8-6-7-18(19,20)21/h9-10,22,24,26H,6-8H2,1-5H3,(H,25,27)/b14-9-,22-12?. The molecule has 0 aliphatic heterocycles. The van der Waals surface area contributed by atoms with Gasteiger partial charge in [-0.1, -0.05) is 0 Å². The van der Waals surface area contributed by atoms with Gasteiger partial charge in [-0.25, -0.2) is 4.98 Å². The lowest BCUT2D eigenvalue weighted by molar-refractivity contribution is -0.135. The molecule has 0 aliphatic carbocycles. The molecule has 1 heterocycles. The Balaban J connectivity index is 2.67. The summed E-state index contributed by atoms with van der Waals surface area (Å²) in [4.78, 5) is 16.3. The van der Waals surface area contributed by atoms with Crippen molar-refractivity contribution >= 4 is 11.6 Å². The Morgan fingerprint density at radius 3 is 2.43 bits per heavy atom. The first-order valence-corrected chi connectivity index (χ1v) is 8.71. The summed E-state index contributed by atoms with van der Waals surface area (Å²) in [5, 5.41) is 23.1. The quantitative estimate of drug-likeness (QED) is 0.286. The van der Waals surface area contributed by atoms with E-state index in [0.717, 1.165) is 6.08 Å². The second kappa shape index (κ2) is 8.76. The van der Waals surface area contributed by atoms with E-state index in [1.807, 2.05) is 0 Å². The molecule has 0 atom stereocenters. The third kappa shape index (κ3) is 6.99. The summed E-state index contributed by atoms with van der Waals surface area (Å²) in [6.45, 7) is 8.02. The number of amides is 1. The fraction of sp³-hybridized carbons (Fsp3) is 0.611. The van der Waals surface area contributed by atoms with E-state index in [1.165, 1.54) is 20.0 Å². The number of hydrogen-bond acceptors (Lipinski definition) is 6. The zero-order chi connectivity index (χ0) is 21.8. The van der Waals surface area contributed by atoms with Crippen molar-refractivity contribution in [1.82, 2.24) is 15.6 Å². The maximum atomic E-state index is 12.3. The average Bonchev–Trinajstić information content (AvgIpc) is 2.97. The Hall–Kier alpha value is -2.36. The van der Waals surface area contributed by atoms with Crippen molar-refractivity contribution in [2.45, 2.75) is 64.6 Å². The predicted octanol–water partition coefficient (Wildman–Crippen LogP) is 3.51. The van der Waals surface area contributed by atoms with Crippen LogP contribution in [0.25, 0.3) is 0 Å². The molecule has 1 amide bonds. The summed E-state index contributed by atoms with van der Waals surface area (Å²) < 4.78 is 41.9. The fourth-order valence-corrected chi connectivity index (χ4v) is 2.18. The van der Waals surface area contributed by atoms with Gasteiger partial charge in [0.2, 0.25) is 5.91 Å². The number of aliphatic hydroxyl groups is 1. The second-order valence-corrected chi connectivity index (χ2v) is 7.54. The smallest absolute Gasteiger partial charge is 0.389 e. The molecule has 0 aliphatic rings. The van der Waals surface area contributed by atoms with Crippen LogP contribution in [0.2, 0.25) is 0 Å². The van der Waals surface area contributed by atoms with Gasteiger partial charge in [0.25, 0.3) is 0 Å². The van der Waals surface area contributed by atoms with Gasteiger partial charge in [0, 0.05) is 25.1 Å². The van der Waals surface area contributed by atoms with Crippen molar-refractivity contribution in [2.24, 2.45) is 0 Å². The molecule has 0 saturated carbocycles. The summed E-state index contributed by atoms with van der Waals surface area (Å²) in [6, 6.07) is 0. The average molecular weight is 404 g/mol. The van der Waals surface area contributed by atoms with Gasteiger partial charge in [0.15, 0.2) is 11.8 Å². The van der Waals surface area contributed by atoms with Crippen molar-refractivity contribution < 1.29 is 27.5 Å². The van der Waals surface area contributed by atoms with E-state index in [-0.39, 0.29) is 18.7 Å². The molecule has 158 valence electrons.